The van der Waals surface area contributed by atoms with Gasteiger partial charge in [0.1, 0.15) is 0 Å². The Labute approximate surface area is 180 Å². The van der Waals surface area contributed by atoms with Crippen molar-refractivity contribution < 1.29 is 9.72 Å². The van der Waals surface area contributed by atoms with Crippen molar-refractivity contribution in [2.75, 3.05) is 0 Å². The van der Waals surface area contributed by atoms with Crippen LogP contribution in [0.1, 0.15) is 17.3 Å². The van der Waals surface area contributed by atoms with Gasteiger partial charge in [0, 0.05) is 26.3 Å². The summed E-state index contributed by atoms with van der Waals surface area (Å²) in [5, 5.41) is 12.4. The summed E-state index contributed by atoms with van der Waals surface area (Å²) in [6.45, 7) is 1.50. The maximum Gasteiger partial charge on any atom is 0.284 e. The normalized spacial score (nSPS) is 10.7. The molecule has 4 nitrogen and oxygen atoms in total. The molecular formula is C20H13Cl2NO3S2. The van der Waals surface area contributed by atoms with Crippen molar-refractivity contribution >= 4 is 58.2 Å². The Morgan fingerprint density at radius 2 is 1.54 bits per heavy atom. The summed E-state index contributed by atoms with van der Waals surface area (Å²) in [5.41, 5.74) is 0.575. The molecule has 0 radical (unpaired) electrons. The number of ketones is 1. The molecule has 0 unspecified atom stereocenters. The fourth-order valence-electron chi connectivity index (χ4n) is 2.43. The zero-order valence-electron chi connectivity index (χ0n) is 14.5. The van der Waals surface area contributed by atoms with Crippen molar-refractivity contribution in [3.8, 4) is 0 Å². The Hall–Kier alpha value is -1.99. The summed E-state index contributed by atoms with van der Waals surface area (Å²) < 4.78 is 0. The zero-order chi connectivity index (χ0) is 20.3. The molecule has 8 heteroatoms. The number of rotatable bonds is 6. The average Bonchev–Trinajstić information content (AvgIpc) is 2.66. The maximum atomic E-state index is 11.8. The summed E-state index contributed by atoms with van der Waals surface area (Å²) >= 11 is 14.5. The minimum Gasteiger partial charge on any atom is -0.294 e. The molecular weight excluding hydrogens is 437 g/mol. The molecule has 0 aromatic heterocycles. The van der Waals surface area contributed by atoms with Gasteiger partial charge < -0.3 is 0 Å². The summed E-state index contributed by atoms with van der Waals surface area (Å²) in [5.74, 6) is -0.0515. The lowest BCUT2D eigenvalue weighted by molar-refractivity contribution is -0.387. The topological polar surface area (TPSA) is 60.2 Å². The van der Waals surface area contributed by atoms with Crippen LogP contribution in [-0.4, -0.2) is 10.7 Å². The first-order valence-corrected chi connectivity index (χ1v) is 10.4. The maximum absolute atomic E-state index is 11.8. The van der Waals surface area contributed by atoms with Gasteiger partial charge in [0.25, 0.3) is 5.69 Å². The van der Waals surface area contributed by atoms with Gasteiger partial charge in [0.2, 0.25) is 0 Å². The van der Waals surface area contributed by atoms with Crippen LogP contribution in [-0.2, 0) is 0 Å². The molecule has 3 aromatic rings. The largest absolute Gasteiger partial charge is 0.294 e. The number of Topliss-reactive ketones (excluding diaryl/α,β-unsaturated/α-hetero) is 1. The third kappa shape index (κ3) is 4.89. The molecule has 0 saturated heterocycles. The number of nitro groups is 1. The second kappa shape index (κ2) is 9.01. The summed E-state index contributed by atoms with van der Waals surface area (Å²) in [4.78, 5) is 25.7. The van der Waals surface area contributed by atoms with Crippen molar-refractivity contribution in [1.82, 2.24) is 0 Å². The summed E-state index contributed by atoms with van der Waals surface area (Å²) in [6, 6.07) is 17.3. The number of carbonyl (C=O) groups is 1. The zero-order valence-corrected chi connectivity index (χ0v) is 17.7. The first-order valence-electron chi connectivity index (χ1n) is 8.04. The van der Waals surface area contributed by atoms with Crippen LogP contribution >= 0.6 is 46.7 Å². The summed E-state index contributed by atoms with van der Waals surface area (Å²) in [6.07, 6.45) is 0. The van der Waals surface area contributed by atoms with Gasteiger partial charge in [-0.3, -0.25) is 14.9 Å². The molecule has 28 heavy (non-hydrogen) atoms. The van der Waals surface area contributed by atoms with E-state index in [2.05, 4.69) is 0 Å². The average molecular weight is 450 g/mol. The molecule has 0 spiro atoms. The molecule has 3 rings (SSSR count). The quantitative estimate of drug-likeness (QED) is 0.222. The standard InChI is InChI=1S/C20H13Cl2NO3S2/c1-12(24)15-4-2-3-5-19(15)27-14-7-9-20(18(11-14)23(25)26)28-13-6-8-16(21)17(22)10-13/h2-11H,1H3. The number of hydrogen-bond donors (Lipinski definition) is 0. The molecule has 0 atom stereocenters. The lowest BCUT2D eigenvalue weighted by Crippen LogP contribution is -1.95. The van der Waals surface area contributed by atoms with E-state index in [9.17, 15) is 14.9 Å². The van der Waals surface area contributed by atoms with Crippen LogP contribution in [0, 0.1) is 10.1 Å². The number of nitrogens with zero attached hydrogens (tertiary/aromatic N) is 1. The second-order valence-electron chi connectivity index (χ2n) is 5.72. The van der Waals surface area contributed by atoms with E-state index in [0.29, 0.717) is 25.4 Å². The predicted molar refractivity (Wildman–Crippen MR) is 114 cm³/mol. The highest BCUT2D eigenvalue weighted by Crippen LogP contribution is 2.40. The molecule has 0 saturated carbocycles. The van der Waals surface area contributed by atoms with Gasteiger partial charge in [-0.2, -0.15) is 0 Å². The van der Waals surface area contributed by atoms with Crippen molar-refractivity contribution in [1.29, 1.82) is 0 Å². The number of benzene rings is 3. The van der Waals surface area contributed by atoms with E-state index in [0.717, 1.165) is 9.79 Å². The predicted octanol–water partition coefficient (Wildman–Crippen LogP) is 7.41. The molecule has 142 valence electrons. The molecule has 0 bridgehead atoms. The fourth-order valence-corrected chi connectivity index (χ4v) is 4.76. The van der Waals surface area contributed by atoms with Gasteiger partial charge in [0.05, 0.1) is 19.9 Å². The van der Waals surface area contributed by atoms with Crippen LogP contribution in [0.25, 0.3) is 0 Å². The van der Waals surface area contributed by atoms with E-state index >= 15 is 0 Å². The molecule has 0 aliphatic carbocycles. The van der Waals surface area contributed by atoms with E-state index in [-0.39, 0.29) is 11.5 Å². The highest BCUT2D eigenvalue weighted by molar-refractivity contribution is 8.00. The van der Waals surface area contributed by atoms with Gasteiger partial charge in [-0.1, -0.05) is 64.9 Å². The van der Waals surface area contributed by atoms with Crippen LogP contribution in [0.3, 0.4) is 0 Å². The van der Waals surface area contributed by atoms with Crippen LogP contribution in [0.15, 0.2) is 80.2 Å². The number of hydrogen-bond acceptors (Lipinski definition) is 5. The van der Waals surface area contributed by atoms with Crippen LogP contribution < -0.4 is 0 Å². The lowest BCUT2D eigenvalue weighted by atomic mass is 10.1. The molecule has 0 amide bonds. The van der Waals surface area contributed by atoms with Crippen molar-refractivity contribution in [2.45, 2.75) is 26.5 Å². The third-order valence-corrected chi connectivity index (χ3v) is 6.60. The molecule has 0 heterocycles. The van der Waals surface area contributed by atoms with Crippen LogP contribution in [0.5, 0.6) is 0 Å². The number of nitro benzene ring substituents is 1. The van der Waals surface area contributed by atoms with Gasteiger partial charge in [-0.15, -0.1) is 0 Å². The lowest BCUT2D eigenvalue weighted by Gasteiger charge is -2.09. The van der Waals surface area contributed by atoms with E-state index in [1.807, 2.05) is 12.1 Å². The Kier molecular flexibility index (Phi) is 6.67. The smallest absolute Gasteiger partial charge is 0.284 e. The first kappa shape index (κ1) is 20.7. The monoisotopic (exact) mass is 449 g/mol. The van der Waals surface area contributed by atoms with Gasteiger partial charge in [0.15, 0.2) is 5.78 Å². The molecule has 0 N–H and O–H groups in total. The van der Waals surface area contributed by atoms with Gasteiger partial charge in [-0.25, -0.2) is 0 Å². The Bertz CT molecular complexity index is 1070. The molecule has 0 fully saturated rings. The Morgan fingerprint density at radius 1 is 0.893 bits per heavy atom. The van der Waals surface area contributed by atoms with E-state index in [4.69, 9.17) is 23.2 Å². The van der Waals surface area contributed by atoms with E-state index in [1.165, 1.54) is 36.5 Å². The SMILES string of the molecule is CC(=O)c1ccccc1Sc1ccc(Sc2ccc(Cl)c(Cl)c2)c([N+](=O)[O-])c1. The van der Waals surface area contributed by atoms with E-state index < -0.39 is 4.92 Å². The molecule has 0 aliphatic rings. The Balaban J connectivity index is 1.92. The number of halogens is 2. The minimum absolute atomic E-state index is 0.0126. The van der Waals surface area contributed by atoms with Crippen LogP contribution in [0.2, 0.25) is 10.0 Å². The molecule has 0 aliphatic heterocycles. The fraction of sp³-hybridized carbons (Fsp3) is 0.0500. The number of carbonyl (C=O) groups excluding carboxylic acids is 1. The van der Waals surface area contributed by atoms with Crippen molar-refractivity contribution in [2.24, 2.45) is 0 Å². The van der Waals surface area contributed by atoms with Crippen molar-refractivity contribution in [3.05, 3.63) is 86.4 Å². The molecule has 3 aromatic carbocycles. The van der Waals surface area contributed by atoms with Gasteiger partial charge >= 0.3 is 0 Å². The van der Waals surface area contributed by atoms with Gasteiger partial charge in [-0.05, 0) is 43.3 Å². The third-order valence-electron chi connectivity index (χ3n) is 3.74. The highest BCUT2D eigenvalue weighted by atomic mass is 35.5. The summed E-state index contributed by atoms with van der Waals surface area (Å²) in [7, 11) is 0. The second-order valence-corrected chi connectivity index (χ2v) is 8.76. The first-order chi connectivity index (χ1) is 13.3. The minimum atomic E-state index is -0.416. The van der Waals surface area contributed by atoms with Crippen LogP contribution in [0.4, 0.5) is 5.69 Å². The Morgan fingerprint density at radius 3 is 2.21 bits per heavy atom. The highest BCUT2D eigenvalue weighted by Gasteiger charge is 2.18. The van der Waals surface area contributed by atoms with E-state index in [1.54, 1.807) is 42.5 Å². The van der Waals surface area contributed by atoms with Crippen molar-refractivity contribution in [3.63, 3.8) is 0 Å².